The number of ether oxygens (including phenoxy) is 1. The molecule has 0 aliphatic carbocycles. The average molecular weight is 253 g/mol. The van der Waals surface area contributed by atoms with Gasteiger partial charge in [0.1, 0.15) is 0 Å². The summed E-state index contributed by atoms with van der Waals surface area (Å²) in [6.07, 6.45) is 7.83. The molecule has 1 aromatic rings. The van der Waals surface area contributed by atoms with E-state index in [0.717, 1.165) is 12.2 Å². The molecule has 0 radical (unpaired) electrons. The fraction of sp³-hybridized carbons (Fsp3) is 0.188. The van der Waals surface area contributed by atoms with Crippen LogP contribution in [0.15, 0.2) is 48.2 Å². The minimum absolute atomic E-state index is 0.267. The highest BCUT2D eigenvalue weighted by Crippen LogP contribution is 2.18. The zero-order chi connectivity index (χ0) is 13.2. The third-order valence-electron chi connectivity index (χ3n) is 3.28. The number of hydrogen-bond acceptors (Lipinski definition) is 3. The van der Waals surface area contributed by atoms with E-state index in [4.69, 9.17) is 4.74 Å². The van der Waals surface area contributed by atoms with E-state index < -0.39 is 0 Å². The van der Waals surface area contributed by atoms with Crippen molar-refractivity contribution in [3.63, 3.8) is 0 Å². The van der Waals surface area contributed by atoms with Crippen LogP contribution in [0, 0.1) is 0 Å². The Bertz CT molecular complexity index is 698. The van der Waals surface area contributed by atoms with Gasteiger partial charge < -0.3 is 9.64 Å². The quantitative estimate of drug-likeness (QED) is 0.734. The average Bonchev–Trinajstić information content (AvgIpc) is 2.46. The Labute approximate surface area is 111 Å². The molecule has 0 unspecified atom stereocenters. The summed E-state index contributed by atoms with van der Waals surface area (Å²) in [4.78, 5) is 13.8. The van der Waals surface area contributed by atoms with Gasteiger partial charge in [0, 0.05) is 23.7 Å². The van der Waals surface area contributed by atoms with E-state index in [1.807, 2.05) is 37.4 Å². The molecule has 96 valence electrons. The van der Waals surface area contributed by atoms with Gasteiger partial charge in [-0.2, -0.15) is 0 Å². The van der Waals surface area contributed by atoms with Crippen LogP contribution in [-0.4, -0.2) is 24.0 Å². The molecule has 19 heavy (non-hydrogen) atoms. The summed E-state index contributed by atoms with van der Waals surface area (Å²) in [6, 6.07) is 8.28. The van der Waals surface area contributed by atoms with E-state index in [1.165, 1.54) is 10.4 Å². The molecule has 3 heteroatoms. The molecule has 0 atom stereocenters. The number of carbonyl (C=O) groups excluding carboxylic acids is 1. The summed E-state index contributed by atoms with van der Waals surface area (Å²) in [6.45, 7) is 2.99. The first-order valence-corrected chi connectivity index (χ1v) is 6.43. The second-order valence-corrected chi connectivity index (χ2v) is 4.47. The van der Waals surface area contributed by atoms with E-state index in [0.29, 0.717) is 12.2 Å². The molecule has 0 saturated heterocycles. The standard InChI is InChI=1S/C16H15NO2/c1-2-19-16(18)13-7-8-15-14-6-4-3-5-12(14)9-10-17(15)11-13/h3-9,11H,2,10H2,1H3. The van der Waals surface area contributed by atoms with Crippen LogP contribution in [0.25, 0.3) is 11.8 Å². The Hall–Kier alpha value is -2.29. The SMILES string of the molecule is CCOC(=O)C1=CN2CC=c3ccccc3=C2C=C1. The summed E-state index contributed by atoms with van der Waals surface area (Å²) in [5, 5.41) is 2.44. The maximum absolute atomic E-state index is 11.7. The number of fused-ring (bicyclic) bond motifs is 2. The van der Waals surface area contributed by atoms with Crippen LogP contribution in [0.4, 0.5) is 0 Å². The fourth-order valence-corrected chi connectivity index (χ4v) is 2.38. The third kappa shape index (κ3) is 2.08. The fourth-order valence-electron chi connectivity index (χ4n) is 2.38. The first kappa shape index (κ1) is 11.8. The monoisotopic (exact) mass is 253 g/mol. The van der Waals surface area contributed by atoms with Crippen LogP contribution in [-0.2, 0) is 9.53 Å². The molecule has 0 bridgehead atoms. The summed E-state index contributed by atoms with van der Waals surface area (Å²) >= 11 is 0. The van der Waals surface area contributed by atoms with Crippen molar-refractivity contribution in [1.29, 1.82) is 0 Å². The second-order valence-electron chi connectivity index (χ2n) is 4.47. The van der Waals surface area contributed by atoms with Crippen molar-refractivity contribution in [1.82, 2.24) is 4.90 Å². The molecular weight excluding hydrogens is 238 g/mol. The highest BCUT2D eigenvalue weighted by atomic mass is 16.5. The minimum atomic E-state index is -0.267. The number of nitrogens with zero attached hydrogens (tertiary/aromatic N) is 1. The lowest BCUT2D eigenvalue weighted by Crippen LogP contribution is -2.38. The van der Waals surface area contributed by atoms with Gasteiger partial charge in [-0.05, 0) is 24.3 Å². The third-order valence-corrected chi connectivity index (χ3v) is 3.28. The largest absolute Gasteiger partial charge is 0.462 e. The van der Waals surface area contributed by atoms with Crippen molar-refractivity contribution in [2.75, 3.05) is 13.2 Å². The van der Waals surface area contributed by atoms with Gasteiger partial charge in [0.25, 0.3) is 0 Å². The van der Waals surface area contributed by atoms with Gasteiger partial charge in [0.2, 0.25) is 0 Å². The van der Waals surface area contributed by atoms with E-state index in [-0.39, 0.29) is 5.97 Å². The zero-order valence-electron chi connectivity index (χ0n) is 10.8. The van der Waals surface area contributed by atoms with Crippen LogP contribution >= 0.6 is 0 Å². The van der Waals surface area contributed by atoms with Crippen molar-refractivity contribution in [2.24, 2.45) is 0 Å². The Balaban J connectivity index is 2.03. The molecule has 0 saturated carbocycles. The smallest absolute Gasteiger partial charge is 0.339 e. The lowest BCUT2D eigenvalue weighted by atomic mass is 10.1. The van der Waals surface area contributed by atoms with E-state index >= 15 is 0 Å². The lowest BCUT2D eigenvalue weighted by molar-refractivity contribution is -0.138. The molecule has 2 aliphatic heterocycles. The van der Waals surface area contributed by atoms with Gasteiger partial charge in [0.05, 0.1) is 12.2 Å². The molecule has 3 rings (SSSR count). The van der Waals surface area contributed by atoms with E-state index in [9.17, 15) is 4.79 Å². The molecule has 1 aromatic carbocycles. The second kappa shape index (κ2) is 4.76. The van der Waals surface area contributed by atoms with Crippen LogP contribution in [0.2, 0.25) is 0 Å². The van der Waals surface area contributed by atoms with Gasteiger partial charge in [-0.25, -0.2) is 4.79 Å². The van der Waals surface area contributed by atoms with Gasteiger partial charge >= 0.3 is 5.97 Å². The maximum Gasteiger partial charge on any atom is 0.339 e. The molecule has 0 spiro atoms. The zero-order valence-corrected chi connectivity index (χ0v) is 10.8. The highest BCUT2D eigenvalue weighted by Gasteiger charge is 2.17. The molecule has 0 aromatic heterocycles. The number of hydrogen-bond donors (Lipinski definition) is 0. The predicted octanol–water partition coefficient (Wildman–Crippen LogP) is 0.908. The molecule has 0 fully saturated rings. The van der Waals surface area contributed by atoms with Crippen molar-refractivity contribution in [3.05, 3.63) is 58.6 Å². The van der Waals surface area contributed by atoms with Gasteiger partial charge in [-0.3, -0.25) is 0 Å². The normalized spacial score (nSPS) is 16.2. The Morgan fingerprint density at radius 2 is 2.16 bits per heavy atom. The molecule has 2 heterocycles. The van der Waals surface area contributed by atoms with Crippen molar-refractivity contribution < 1.29 is 9.53 Å². The lowest BCUT2D eigenvalue weighted by Gasteiger charge is -2.26. The Morgan fingerprint density at radius 3 is 3.00 bits per heavy atom. The number of esters is 1. The first-order chi connectivity index (χ1) is 9.29. The number of rotatable bonds is 2. The number of carbonyl (C=O) groups is 1. The Morgan fingerprint density at radius 1 is 1.32 bits per heavy atom. The predicted molar refractivity (Wildman–Crippen MR) is 74.1 cm³/mol. The molecule has 0 N–H and O–H groups in total. The van der Waals surface area contributed by atoms with Gasteiger partial charge in [0.15, 0.2) is 0 Å². The van der Waals surface area contributed by atoms with Crippen molar-refractivity contribution in [2.45, 2.75) is 6.92 Å². The summed E-state index contributed by atoms with van der Waals surface area (Å²) < 4.78 is 5.03. The van der Waals surface area contributed by atoms with Crippen LogP contribution in [0.5, 0.6) is 0 Å². The van der Waals surface area contributed by atoms with Gasteiger partial charge in [-0.15, -0.1) is 0 Å². The summed E-state index contributed by atoms with van der Waals surface area (Å²) in [5.41, 5.74) is 1.73. The minimum Gasteiger partial charge on any atom is -0.462 e. The summed E-state index contributed by atoms with van der Waals surface area (Å²) in [7, 11) is 0. The molecular formula is C16H15NO2. The highest BCUT2D eigenvalue weighted by molar-refractivity contribution is 5.93. The van der Waals surface area contributed by atoms with Crippen LogP contribution in [0.1, 0.15) is 6.92 Å². The topological polar surface area (TPSA) is 29.5 Å². The molecule has 0 amide bonds. The number of benzene rings is 1. The van der Waals surface area contributed by atoms with E-state index in [1.54, 1.807) is 0 Å². The van der Waals surface area contributed by atoms with E-state index in [2.05, 4.69) is 23.1 Å². The summed E-state index contributed by atoms with van der Waals surface area (Å²) in [5.74, 6) is -0.267. The van der Waals surface area contributed by atoms with Crippen LogP contribution in [0.3, 0.4) is 0 Å². The van der Waals surface area contributed by atoms with Crippen molar-refractivity contribution in [3.8, 4) is 0 Å². The molecule has 3 nitrogen and oxygen atoms in total. The first-order valence-electron chi connectivity index (χ1n) is 6.43. The van der Waals surface area contributed by atoms with Crippen LogP contribution < -0.4 is 10.4 Å². The Kier molecular flexibility index (Phi) is 2.95. The van der Waals surface area contributed by atoms with Crippen molar-refractivity contribution >= 4 is 17.7 Å². The maximum atomic E-state index is 11.7. The molecule has 2 aliphatic rings. The van der Waals surface area contributed by atoms with Gasteiger partial charge in [-0.1, -0.05) is 30.3 Å².